The van der Waals surface area contributed by atoms with Gasteiger partial charge < -0.3 is 5.73 Å². The largest absolute Gasteiger partial charge is 0.366 e. The molecule has 3 N–H and O–H groups in total. The van der Waals surface area contributed by atoms with Crippen LogP contribution in [0.2, 0.25) is 0 Å². The minimum atomic E-state index is -4.02. The van der Waals surface area contributed by atoms with Crippen LogP contribution in [0.15, 0.2) is 59.5 Å². The highest BCUT2D eigenvalue weighted by atomic mass is 32.2. The fraction of sp³-hybridized carbons (Fsp3) is 0.0714. The van der Waals surface area contributed by atoms with E-state index in [-0.39, 0.29) is 10.8 Å². The lowest BCUT2D eigenvalue weighted by Crippen LogP contribution is -2.09. The van der Waals surface area contributed by atoms with E-state index in [9.17, 15) is 13.2 Å². The van der Waals surface area contributed by atoms with Crippen molar-refractivity contribution in [1.82, 2.24) is 0 Å². The van der Waals surface area contributed by atoms with Crippen molar-refractivity contribution in [3.8, 4) is 0 Å². The summed E-state index contributed by atoms with van der Waals surface area (Å²) < 4.78 is 29.6. The lowest BCUT2D eigenvalue weighted by Gasteiger charge is -1.95. The molecule has 0 saturated carbocycles. The third kappa shape index (κ3) is 5.21. The van der Waals surface area contributed by atoms with E-state index in [2.05, 4.69) is 0 Å². The van der Waals surface area contributed by atoms with E-state index < -0.39 is 10.1 Å². The second-order valence-corrected chi connectivity index (χ2v) is 5.44. The van der Waals surface area contributed by atoms with Crippen LogP contribution in [-0.2, 0) is 10.1 Å². The lowest BCUT2D eigenvalue weighted by molar-refractivity contribution is 0.100. The summed E-state index contributed by atoms with van der Waals surface area (Å²) in [6.45, 7) is 1.84. The first-order valence-electron chi connectivity index (χ1n) is 5.69. The van der Waals surface area contributed by atoms with Crippen molar-refractivity contribution in [2.24, 2.45) is 5.73 Å². The Kier molecular flexibility index (Phi) is 5.42. The predicted octanol–water partition coefficient (Wildman–Crippen LogP) is 2.03. The average Bonchev–Trinajstić information content (AvgIpc) is 2.40. The third-order valence-corrected chi connectivity index (χ3v) is 3.25. The van der Waals surface area contributed by atoms with Gasteiger partial charge in [-0.25, -0.2) is 0 Å². The quantitative estimate of drug-likeness (QED) is 0.828. The number of aryl methyl sites for hydroxylation is 1. The van der Waals surface area contributed by atoms with E-state index in [0.29, 0.717) is 5.56 Å². The molecule has 2 aromatic rings. The maximum atomic E-state index is 10.5. The number of hydrogen-bond acceptors (Lipinski definition) is 3. The summed E-state index contributed by atoms with van der Waals surface area (Å²) in [6, 6.07) is 14.7. The Labute approximate surface area is 117 Å². The maximum absolute atomic E-state index is 10.5. The lowest BCUT2D eigenvalue weighted by atomic mass is 10.2. The minimum absolute atomic E-state index is 0.0666. The van der Waals surface area contributed by atoms with Gasteiger partial charge in [0.25, 0.3) is 10.1 Å². The molecule has 106 valence electrons. The van der Waals surface area contributed by atoms with Crippen molar-refractivity contribution in [3.05, 3.63) is 65.7 Å². The van der Waals surface area contributed by atoms with Crippen LogP contribution in [0.25, 0.3) is 0 Å². The van der Waals surface area contributed by atoms with Crippen LogP contribution < -0.4 is 5.73 Å². The van der Waals surface area contributed by atoms with Gasteiger partial charge in [-0.1, -0.05) is 35.9 Å². The zero-order chi connectivity index (χ0) is 15.2. The van der Waals surface area contributed by atoms with Gasteiger partial charge in [-0.3, -0.25) is 9.35 Å². The van der Waals surface area contributed by atoms with Crippen LogP contribution in [0.5, 0.6) is 0 Å². The van der Waals surface area contributed by atoms with Crippen molar-refractivity contribution in [2.75, 3.05) is 0 Å². The smallest absolute Gasteiger partial charge is 0.294 e. The van der Waals surface area contributed by atoms with Gasteiger partial charge in [0.05, 0.1) is 4.90 Å². The predicted molar refractivity (Wildman–Crippen MR) is 76.0 cm³/mol. The van der Waals surface area contributed by atoms with Crippen LogP contribution in [0, 0.1) is 6.92 Å². The summed E-state index contributed by atoms with van der Waals surface area (Å²) in [7, 11) is -4.02. The summed E-state index contributed by atoms with van der Waals surface area (Å²) in [5.41, 5.74) is 6.48. The zero-order valence-electron chi connectivity index (χ0n) is 10.9. The topological polar surface area (TPSA) is 97.5 Å². The molecule has 0 radical (unpaired) electrons. The molecule has 0 bridgehead atoms. The van der Waals surface area contributed by atoms with Gasteiger partial charge in [-0.15, -0.1) is 0 Å². The Bertz CT molecular complexity index is 664. The normalized spacial score (nSPS) is 10.3. The van der Waals surface area contributed by atoms with E-state index in [1.54, 1.807) is 36.4 Å². The van der Waals surface area contributed by atoms with Crippen LogP contribution in [0.4, 0.5) is 0 Å². The highest BCUT2D eigenvalue weighted by Gasteiger charge is 2.06. The SMILES string of the molecule is Cc1ccc(S(=O)(=O)O)cc1.NC(=O)c1ccccc1. The summed E-state index contributed by atoms with van der Waals surface area (Å²) in [5.74, 6) is -0.379. The maximum Gasteiger partial charge on any atom is 0.294 e. The molecular weight excluding hydrogens is 278 g/mol. The van der Waals surface area contributed by atoms with Gasteiger partial charge in [0.1, 0.15) is 0 Å². The zero-order valence-corrected chi connectivity index (χ0v) is 11.7. The molecule has 0 unspecified atom stereocenters. The molecule has 0 saturated heterocycles. The highest BCUT2D eigenvalue weighted by Crippen LogP contribution is 2.08. The van der Waals surface area contributed by atoms with Gasteiger partial charge >= 0.3 is 0 Å². The molecule has 0 aliphatic rings. The number of carbonyl (C=O) groups is 1. The number of nitrogens with two attached hydrogens (primary N) is 1. The Morgan fingerprint density at radius 3 is 1.85 bits per heavy atom. The molecule has 0 aliphatic carbocycles. The number of carbonyl (C=O) groups excluding carboxylic acids is 1. The van der Waals surface area contributed by atoms with Crippen molar-refractivity contribution in [2.45, 2.75) is 11.8 Å². The van der Waals surface area contributed by atoms with Crippen molar-refractivity contribution in [3.63, 3.8) is 0 Å². The Balaban J connectivity index is 0.000000204. The van der Waals surface area contributed by atoms with E-state index >= 15 is 0 Å². The molecule has 2 rings (SSSR count). The summed E-state index contributed by atoms with van der Waals surface area (Å²) in [4.78, 5) is 10.4. The van der Waals surface area contributed by atoms with Gasteiger partial charge in [-0.2, -0.15) is 8.42 Å². The van der Waals surface area contributed by atoms with Crippen LogP contribution in [-0.4, -0.2) is 18.9 Å². The number of benzene rings is 2. The molecule has 0 aliphatic heterocycles. The van der Waals surface area contributed by atoms with Crippen molar-refractivity contribution < 1.29 is 17.8 Å². The first-order valence-corrected chi connectivity index (χ1v) is 7.13. The second kappa shape index (κ2) is 6.83. The molecule has 2 aromatic carbocycles. The number of hydrogen-bond donors (Lipinski definition) is 2. The molecule has 6 heteroatoms. The molecule has 5 nitrogen and oxygen atoms in total. The summed E-state index contributed by atoms with van der Waals surface area (Å²) in [6.07, 6.45) is 0. The van der Waals surface area contributed by atoms with E-state index in [1.807, 2.05) is 13.0 Å². The van der Waals surface area contributed by atoms with Gasteiger partial charge in [-0.05, 0) is 31.2 Å². The number of rotatable bonds is 2. The Hall–Kier alpha value is -2.18. The molecular formula is C14H15NO4S. The van der Waals surface area contributed by atoms with Crippen LogP contribution in [0.3, 0.4) is 0 Å². The van der Waals surface area contributed by atoms with Crippen LogP contribution >= 0.6 is 0 Å². The monoisotopic (exact) mass is 293 g/mol. The van der Waals surface area contributed by atoms with E-state index in [1.165, 1.54) is 12.1 Å². The molecule has 0 heterocycles. The molecule has 0 atom stereocenters. The molecule has 0 fully saturated rings. The average molecular weight is 293 g/mol. The van der Waals surface area contributed by atoms with Crippen molar-refractivity contribution >= 4 is 16.0 Å². The molecule has 1 amide bonds. The first-order chi connectivity index (χ1) is 9.30. The van der Waals surface area contributed by atoms with Crippen molar-refractivity contribution in [1.29, 1.82) is 0 Å². The first kappa shape index (κ1) is 15.9. The Morgan fingerprint density at radius 2 is 1.50 bits per heavy atom. The van der Waals surface area contributed by atoms with Gasteiger partial charge in [0.15, 0.2) is 0 Å². The fourth-order valence-electron chi connectivity index (χ4n) is 1.31. The van der Waals surface area contributed by atoms with Crippen LogP contribution in [0.1, 0.15) is 15.9 Å². The summed E-state index contributed by atoms with van der Waals surface area (Å²) in [5, 5.41) is 0. The standard InChI is InChI=1S/C7H7NO.C7H8O3S/c8-7(9)6-4-2-1-3-5-6;1-6-2-4-7(5-3-6)11(8,9)10/h1-5H,(H2,8,9);2-5H,1H3,(H,8,9,10). The Morgan fingerprint density at radius 1 is 1.00 bits per heavy atom. The second-order valence-electron chi connectivity index (χ2n) is 4.02. The highest BCUT2D eigenvalue weighted by molar-refractivity contribution is 7.85. The minimum Gasteiger partial charge on any atom is -0.366 e. The van der Waals surface area contributed by atoms with Gasteiger partial charge in [0.2, 0.25) is 5.91 Å². The van der Waals surface area contributed by atoms with E-state index in [4.69, 9.17) is 10.3 Å². The molecule has 0 aromatic heterocycles. The van der Waals surface area contributed by atoms with E-state index in [0.717, 1.165) is 5.56 Å². The summed E-state index contributed by atoms with van der Waals surface area (Å²) >= 11 is 0. The molecule has 0 spiro atoms. The number of amides is 1. The fourth-order valence-corrected chi connectivity index (χ4v) is 1.79. The number of primary amides is 1. The third-order valence-electron chi connectivity index (χ3n) is 2.38. The van der Waals surface area contributed by atoms with Gasteiger partial charge in [0, 0.05) is 5.56 Å². The molecule has 20 heavy (non-hydrogen) atoms.